The van der Waals surface area contributed by atoms with Crippen molar-refractivity contribution in [2.24, 2.45) is 0 Å². The van der Waals surface area contributed by atoms with Crippen LogP contribution in [-0.4, -0.2) is 23.4 Å². The van der Waals surface area contributed by atoms with Gasteiger partial charge in [-0.25, -0.2) is 0 Å². The molecule has 0 bridgehead atoms. The van der Waals surface area contributed by atoms with Crippen molar-refractivity contribution in [2.45, 2.75) is 12.1 Å². The van der Waals surface area contributed by atoms with Crippen LogP contribution in [0.4, 0.5) is 0 Å². The summed E-state index contributed by atoms with van der Waals surface area (Å²) in [6, 6.07) is 15.0. The third-order valence-electron chi connectivity index (χ3n) is 3.70. The van der Waals surface area contributed by atoms with Crippen molar-refractivity contribution in [2.75, 3.05) is 13.2 Å². The first-order chi connectivity index (χ1) is 9.73. The van der Waals surface area contributed by atoms with E-state index in [0.717, 1.165) is 11.1 Å². The Kier molecular flexibility index (Phi) is 3.34. The maximum atomic E-state index is 9.81. The van der Waals surface area contributed by atoms with Crippen LogP contribution in [0.15, 0.2) is 48.5 Å². The molecule has 4 heteroatoms. The SMILES string of the molecule is OCC1(NCc2ccccc2)COc2cc(O)ccc21. The van der Waals surface area contributed by atoms with Crippen LogP contribution in [0.25, 0.3) is 0 Å². The highest BCUT2D eigenvalue weighted by Gasteiger charge is 2.40. The lowest BCUT2D eigenvalue weighted by Crippen LogP contribution is -2.46. The Bertz CT molecular complexity index is 600. The van der Waals surface area contributed by atoms with E-state index in [2.05, 4.69) is 5.32 Å². The molecule has 0 saturated heterocycles. The second-order valence-electron chi connectivity index (χ2n) is 5.05. The van der Waals surface area contributed by atoms with E-state index < -0.39 is 5.54 Å². The Morgan fingerprint density at radius 2 is 1.95 bits per heavy atom. The predicted molar refractivity (Wildman–Crippen MR) is 75.6 cm³/mol. The first-order valence-corrected chi connectivity index (χ1v) is 6.60. The Morgan fingerprint density at radius 1 is 1.15 bits per heavy atom. The molecule has 1 aliphatic heterocycles. The molecule has 0 aromatic heterocycles. The zero-order valence-electron chi connectivity index (χ0n) is 11.0. The van der Waals surface area contributed by atoms with Crippen molar-refractivity contribution < 1.29 is 14.9 Å². The number of phenolic OH excluding ortho intramolecular Hbond substituents is 1. The minimum Gasteiger partial charge on any atom is -0.508 e. The molecule has 4 nitrogen and oxygen atoms in total. The second-order valence-corrected chi connectivity index (χ2v) is 5.05. The number of nitrogens with one attached hydrogen (secondary N) is 1. The van der Waals surface area contributed by atoms with Gasteiger partial charge in [0.1, 0.15) is 23.6 Å². The number of phenols is 1. The molecule has 0 saturated carbocycles. The van der Waals surface area contributed by atoms with Gasteiger partial charge in [-0.1, -0.05) is 30.3 Å². The maximum Gasteiger partial charge on any atom is 0.128 e. The average Bonchev–Trinajstić information content (AvgIpc) is 2.85. The highest BCUT2D eigenvalue weighted by atomic mass is 16.5. The lowest BCUT2D eigenvalue weighted by atomic mass is 9.92. The Hall–Kier alpha value is -2.04. The molecule has 1 aliphatic rings. The Morgan fingerprint density at radius 3 is 2.70 bits per heavy atom. The van der Waals surface area contributed by atoms with Crippen LogP contribution in [-0.2, 0) is 12.1 Å². The van der Waals surface area contributed by atoms with Crippen LogP contribution in [0, 0.1) is 0 Å². The summed E-state index contributed by atoms with van der Waals surface area (Å²) in [7, 11) is 0. The van der Waals surface area contributed by atoms with Crippen molar-refractivity contribution in [3.05, 3.63) is 59.7 Å². The van der Waals surface area contributed by atoms with Gasteiger partial charge >= 0.3 is 0 Å². The van der Waals surface area contributed by atoms with Gasteiger partial charge in [-0.3, -0.25) is 5.32 Å². The zero-order valence-corrected chi connectivity index (χ0v) is 11.0. The molecule has 0 spiro atoms. The molecule has 0 radical (unpaired) electrons. The average molecular weight is 271 g/mol. The molecule has 20 heavy (non-hydrogen) atoms. The third kappa shape index (κ3) is 2.24. The van der Waals surface area contributed by atoms with Crippen molar-refractivity contribution >= 4 is 0 Å². The number of aliphatic hydroxyl groups excluding tert-OH is 1. The van der Waals surface area contributed by atoms with Crippen molar-refractivity contribution in [3.63, 3.8) is 0 Å². The molecule has 0 fully saturated rings. The number of fused-ring (bicyclic) bond motifs is 1. The van der Waals surface area contributed by atoms with E-state index in [1.165, 1.54) is 0 Å². The Balaban J connectivity index is 1.84. The largest absolute Gasteiger partial charge is 0.508 e. The number of benzene rings is 2. The van der Waals surface area contributed by atoms with E-state index in [-0.39, 0.29) is 12.4 Å². The zero-order chi connectivity index (χ0) is 14.0. The molecular weight excluding hydrogens is 254 g/mol. The number of aromatic hydroxyl groups is 1. The number of hydrogen-bond acceptors (Lipinski definition) is 4. The van der Waals surface area contributed by atoms with Gasteiger partial charge in [-0.15, -0.1) is 0 Å². The maximum absolute atomic E-state index is 9.81. The number of ether oxygens (including phenoxy) is 1. The lowest BCUT2D eigenvalue weighted by Gasteiger charge is -2.27. The van der Waals surface area contributed by atoms with Gasteiger partial charge in [-0.05, 0) is 17.7 Å². The lowest BCUT2D eigenvalue weighted by molar-refractivity contribution is 0.128. The highest BCUT2D eigenvalue weighted by molar-refractivity contribution is 5.47. The van der Waals surface area contributed by atoms with Gasteiger partial charge < -0.3 is 14.9 Å². The van der Waals surface area contributed by atoms with E-state index >= 15 is 0 Å². The molecule has 2 aromatic rings. The van der Waals surface area contributed by atoms with E-state index in [0.29, 0.717) is 18.9 Å². The van der Waals surface area contributed by atoms with Gasteiger partial charge in [0.05, 0.1) is 6.61 Å². The number of aliphatic hydroxyl groups is 1. The van der Waals surface area contributed by atoms with E-state index in [1.807, 2.05) is 30.3 Å². The summed E-state index contributed by atoms with van der Waals surface area (Å²) in [5.74, 6) is 0.792. The molecule has 3 rings (SSSR count). The molecule has 2 aromatic carbocycles. The number of rotatable bonds is 4. The van der Waals surface area contributed by atoms with Crippen molar-refractivity contribution in [1.82, 2.24) is 5.32 Å². The molecule has 0 amide bonds. The summed E-state index contributed by atoms with van der Waals surface area (Å²) in [6.45, 7) is 0.942. The Labute approximate surface area is 117 Å². The van der Waals surface area contributed by atoms with Crippen LogP contribution in [0.1, 0.15) is 11.1 Å². The molecule has 1 heterocycles. The minimum absolute atomic E-state index is 0.0579. The van der Waals surface area contributed by atoms with E-state index in [1.54, 1.807) is 18.2 Å². The number of hydrogen-bond donors (Lipinski definition) is 3. The molecule has 1 atom stereocenters. The highest BCUT2D eigenvalue weighted by Crippen LogP contribution is 2.39. The topological polar surface area (TPSA) is 61.7 Å². The fourth-order valence-electron chi connectivity index (χ4n) is 2.50. The first-order valence-electron chi connectivity index (χ1n) is 6.60. The predicted octanol–water partition coefficient (Wildman–Crippen LogP) is 1.76. The third-order valence-corrected chi connectivity index (χ3v) is 3.70. The van der Waals surface area contributed by atoms with Gasteiger partial charge in [0.25, 0.3) is 0 Å². The molecular formula is C16H17NO3. The fourth-order valence-corrected chi connectivity index (χ4v) is 2.50. The van der Waals surface area contributed by atoms with Crippen LogP contribution in [0.2, 0.25) is 0 Å². The molecule has 1 unspecified atom stereocenters. The van der Waals surface area contributed by atoms with E-state index in [4.69, 9.17) is 4.74 Å². The molecule has 104 valence electrons. The van der Waals surface area contributed by atoms with Gasteiger partial charge in [0.2, 0.25) is 0 Å². The van der Waals surface area contributed by atoms with Crippen molar-refractivity contribution in [3.8, 4) is 11.5 Å². The van der Waals surface area contributed by atoms with E-state index in [9.17, 15) is 10.2 Å². The fraction of sp³-hybridized carbons (Fsp3) is 0.250. The summed E-state index contributed by atoms with van der Waals surface area (Å²) in [6.07, 6.45) is 0. The quantitative estimate of drug-likeness (QED) is 0.793. The molecule has 3 N–H and O–H groups in total. The van der Waals surface area contributed by atoms with Crippen molar-refractivity contribution in [1.29, 1.82) is 0 Å². The van der Waals surface area contributed by atoms with Gasteiger partial charge in [0.15, 0.2) is 0 Å². The monoisotopic (exact) mass is 271 g/mol. The second kappa shape index (κ2) is 5.15. The first kappa shape index (κ1) is 13.0. The van der Waals surface area contributed by atoms with Crippen LogP contribution in [0.5, 0.6) is 11.5 Å². The summed E-state index contributed by atoms with van der Waals surface area (Å²) >= 11 is 0. The minimum atomic E-state index is -0.612. The summed E-state index contributed by atoms with van der Waals surface area (Å²) in [5, 5.41) is 22.7. The van der Waals surface area contributed by atoms with Crippen LogP contribution >= 0.6 is 0 Å². The summed E-state index contributed by atoms with van der Waals surface area (Å²) < 4.78 is 5.59. The summed E-state index contributed by atoms with van der Waals surface area (Å²) in [5.41, 5.74) is 1.42. The normalized spacial score (nSPS) is 20.4. The smallest absolute Gasteiger partial charge is 0.128 e. The van der Waals surface area contributed by atoms with Gasteiger partial charge in [-0.2, -0.15) is 0 Å². The summed E-state index contributed by atoms with van der Waals surface area (Å²) in [4.78, 5) is 0. The van der Waals surface area contributed by atoms with Crippen LogP contribution in [0.3, 0.4) is 0 Å². The van der Waals surface area contributed by atoms with Gasteiger partial charge in [0, 0.05) is 18.2 Å². The standard InChI is InChI=1S/C16H17NO3/c18-10-16(17-9-12-4-2-1-3-5-12)11-20-15-8-13(19)6-7-14(15)16/h1-8,17-19H,9-11H2. The molecule has 0 aliphatic carbocycles. The van der Waals surface area contributed by atoms with Crippen LogP contribution < -0.4 is 10.1 Å².